The van der Waals surface area contributed by atoms with E-state index in [9.17, 15) is 9.18 Å². The molecule has 170 valence electrons. The standard InChI is InChI=1S/C24H20FN7O2/c1-32-13-16(11-29-32)22-30-21-18(7-8-26-23(21)31-22)14-3-4-15(19(25)9-14)10-28-24(33)20-6-5-17(34-2)12-27-20/h3-9,11-13H,10H2,1-2H3,(H,28,33)(H,26,30,31). The van der Waals surface area contributed by atoms with Gasteiger partial charge in [-0.15, -0.1) is 0 Å². The second-order valence-electron chi connectivity index (χ2n) is 7.62. The van der Waals surface area contributed by atoms with Crippen LogP contribution in [0.1, 0.15) is 16.1 Å². The van der Waals surface area contributed by atoms with Crippen LogP contribution in [-0.2, 0) is 13.6 Å². The van der Waals surface area contributed by atoms with Gasteiger partial charge < -0.3 is 15.0 Å². The molecule has 0 aliphatic heterocycles. The first-order valence-electron chi connectivity index (χ1n) is 10.4. The SMILES string of the molecule is COc1ccc(C(=O)NCc2ccc(-c3ccnc4nc(-c5cnn(C)c5)[nH]c34)cc2F)nc1. The third-order valence-corrected chi connectivity index (χ3v) is 5.38. The van der Waals surface area contributed by atoms with Crippen LogP contribution in [0.15, 0.2) is 61.2 Å². The zero-order chi connectivity index (χ0) is 23.7. The Balaban J connectivity index is 1.37. The van der Waals surface area contributed by atoms with E-state index < -0.39 is 11.7 Å². The first-order valence-corrected chi connectivity index (χ1v) is 10.4. The van der Waals surface area contributed by atoms with Crippen LogP contribution in [0.25, 0.3) is 33.7 Å². The lowest BCUT2D eigenvalue weighted by atomic mass is 10.0. The highest BCUT2D eigenvalue weighted by Gasteiger charge is 2.14. The monoisotopic (exact) mass is 457 g/mol. The normalized spacial score (nSPS) is 11.0. The molecule has 9 nitrogen and oxygen atoms in total. The number of nitrogens with zero attached hydrogens (tertiary/aromatic N) is 5. The molecule has 0 radical (unpaired) electrons. The number of amides is 1. The lowest BCUT2D eigenvalue weighted by molar-refractivity contribution is 0.0945. The maximum absolute atomic E-state index is 14.9. The van der Waals surface area contributed by atoms with E-state index in [4.69, 9.17) is 4.74 Å². The fraction of sp³-hybridized carbons (Fsp3) is 0.125. The number of aromatic amines is 1. The number of hydrogen-bond donors (Lipinski definition) is 2. The van der Waals surface area contributed by atoms with Crippen molar-refractivity contribution < 1.29 is 13.9 Å². The minimum atomic E-state index is -0.433. The lowest BCUT2D eigenvalue weighted by Gasteiger charge is -2.09. The van der Waals surface area contributed by atoms with Crippen molar-refractivity contribution in [2.45, 2.75) is 6.54 Å². The number of carbonyl (C=O) groups excluding carboxylic acids is 1. The number of fused-ring (bicyclic) bond motifs is 1. The van der Waals surface area contributed by atoms with Gasteiger partial charge in [-0.1, -0.05) is 12.1 Å². The second kappa shape index (κ2) is 8.74. The van der Waals surface area contributed by atoms with Gasteiger partial charge in [-0.05, 0) is 29.8 Å². The first-order chi connectivity index (χ1) is 16.5. The Hall–Kier alpha value is -4.60. The van der Waals surface area contributed by atoms with Crippen molar-refractivity contribution in [2.24, 2.45) is 7.05 Å². The van der Waals surface area contributed by atoms with E-state index in [2.05, 4.69) is 30.4 Å². The molecule has 0 saturated heterocycles. The summed E-state index contributed by atoms with van der Waals surface area (Å²) >= 11 is 0. The molecular formula is C24H20FN7O2. The molecule has 4 aromatic heterocycles. The summed E-state index contributed by atoms with van der Waals surface area (Å²) in [6, 6.07) is 9.88. The van der Waals surface area contributed by atoms with Gasteiger partial charge in [-0.25, -0.2) is 19.3 Å². The molecule has 0 spiro atoms. The summed E-state index contributed by atoms with van der Waals surface area (Å²) < 4.78 is 21.6. The number of aromatic nitrogens is 6. The molecule has 5 rings (SSSR count). The molecule has 4 heterocycles. The van der Waals surface area contributed by atoms with Gasteiger partial charge in [0.05, 0.1) is 30.6 Å². The van der Waals surface area contributed by atoms with Crippen molar-refractivity contribution in [1.82, 2.24) is 35.0 Å². The number of imidazole rings is 1. The van der Waals surface area contributed by atoms with Crippen molar-refractivity contribution in [1.29, 1.82) is 0 Å². The first kappa shape index (κ1) is 21.3. The number of aryl methyl sites for hydroxylation is 1. The van der Waals surface area contributed by atoms with Gasteiger partial charge in [0.1, 0.15) is 23.1 Å². The number of H-pyrrole nitrogens is 1. The zero-order valence-electron chi connectivity index (χ0n) is 18.4. The molecule has 2 N–H and O–H groups in total. The molecule has 0 bridgehead atoms. The van der Waals surface area contributed by atoms with Gasteiger partial charge in [0.2, 0.25) is 0 Å². The maximum atomic E-state index is 14.9. The summed E-state index contributed by atoms with van der Waals surface area (Å²) in [5.41, 5.74) is 4.07. The van der Waals surface area contributed by atoms with E-state index in [1.807, 2.05) is 13.2 Å². The van der Waals surface area contributed by atoms with Crippen molar-refractivity contribution in [3.8, 4) is 28.3 Å². The number of halogens is 1. The van der Waals surface area contributed by atoms with Crippen molar-refractivity contribution in [2.75, 3.05) is 7.11 Å². The number of nitrogens with one attached hydrogen (secondary N) is 2. The summed E-state index contributed by atoms with van der Waals surface area (Å²) in [7, 11) is 3.35. The Labute approximate surface area is 193 Å². The predicted molar refractivity (Wildman–Crippen MR) is 123 cm³/mol. The number of hydrogen-bond acceptors (Lipinski definition) is 6. The van der Waals surface area contributed by atoms with Crippen LogP contribution in [0.2, 0.25) is 0 Å². The molecule has 10 heteroatoms. The van der Waals surface area contributed by atoms with Crippen LogP contribution in [0.4, 0.5) is 4.39 Å². The van der Waals surface area contributed by atoms with Crippen molar-refractivity contribution >= 4 is 17.1 Å². The molecule has 0 unspecified atom stereocenters. The van der Waals surface area contributed by atoms with E-state index in [-0.39, 0.29) is 12.2 Å². The highest BCUT2D eigenvalue weighted by Crippen LogP contribution is 2.29. The Morgan fingerprint density at radius 1 is 1.15 bits per heavy atom. The van der Waals surface area contributed by atoms with Gasteiger partial charge >= 0.3 is 0 Å². The fourth-order valence-corrected chi connectivity index (χ4v) is 3.59. The molecular weight excluding hydrogens is 437 g/mol. The number of methoxy groups -OCH3 is 1. The largest absolute Gasteiger partial charge is 0.495 e. The third kappa shape index (κ3) is 4.08. The van der Waals surface area contributed by atoms with Crippen LogP contribution < -0.4 is 10.1 Å². The molecule has 1 amide bonds. The number of rotatable bonds is 6. The predicted octanol–water partition coefficient (Wildman–Crippen LogP) is 3.50. The van der Waals surface area contributed by atoms with Gasteiger partial charge in [-0.3, -0.25) is 9.48 Å². The van der Waals surface area contributed by atoms with Crippen LogP contribution >= 0.6 is 0 Å². The summed E-state index contributed by atoms with van der Waals surface area (Å²) in [5, 5.41) is 6.86. The Morgan fingerprint density at radius 3 is 2.74 bits per heavy atom. The summed E-state index contributed by atoms with van der Waals surface area (Å²) in [4.78, 5) is 28.5. The van der Waals surface area contributed by atoms with Crippen molar-refractivity contribution in [3.63, 3.8) is 0 Å². The quantitative estimate of drug-likeness (QED) is 0.404. The Bertz CT molecular complexity index is 1490. The molecule has 0 fully saturated rings. The highest BCUT2D eigenvalue weighted by atomic mass is 19.1. The number of benzene rings is 1. The molecule has 0 aliphatic rings. The Morgan fingerprint density at radius 2 is 2.03 bits per heavy atom. The van der Waals surface area contributed by atoms with Crippen LogP contribution in [0, 0.1) is 5.82 Å². The minimum absolute atomic E-state index is 0.0274. The average Bonchev–Trinajstić information content (AvgIpc) is 3.49. The van der Waals surface area contributed by atoms with E-state index in [1.54, 1.807) is 47.4 Å². The molecule has 0 atom stereocenters. The van der Waals surface area contributed by atoms with E-state index in [1.165, 1.54) is 19.4 Å². The molecule has 0 aliphatic carbocycles. The smallest absolute Gasteiger partial charge is 0.270 e. The second-order valence-corrected chi connectivity index (χ2v) is 7.62. The summed E-state index contributed by atoms with van der Waals surface area (Å²) in [6.45, 7) is 0.0274. The fourth-order valence-electron chi connectivity index (χ4n) is 3.59. The van der Waals surface area contributed by atoms with Gasteiger partial charge in [0, 0.05) is 37.1 Å². The van der Waals surface area contributed by atoms with E-state index in [0.29, 0.717) is 33.9 Å². The maximum Gasteiger partial charge on any atom is 0.270 e. The lowest BCUT2D eigenvalue weighted by Crippen LogP contribution is -2.24. The van der Waals surface area contributed by atoms with E-state index in [0.717, 1.165) is 11.1 Å². The molecule has 5 aromatic rings. The molecule has 0 saturated carbocycles. The number of pyridine rings is 2. The number of ether oxygens (including phenoxy) is 1. The zero-order valence-corrected chi connectivity index (χ0v) is 18.4. The Kier molecular flexibility index (Phi) is 5.46. The van der Waals surface area contributed by atoms with Gasteiger partial charge in [0.15, 0.2) is 5.65 Å². The number of carbonyl (C=O) groups is 1. The summed E-state index contributed by atoms with van der Waals surface area (Å²) in [5.74, 6) is 0.350. The van der Waals surface area contributed by atoms with Gasteiger partial charge in [-0.2, -0.15) is 5.10 Å². The molecule has 34 heavy (non-hydrogen) atoms. The van der Waals surface area contributed by atoms with E-state index >= 15 is 0 Å². The summed E-state index contributed by atoms with van der Waals surface area (Å²) in [6.07, 6.45) is 6.65. The third-order valence-electron chi connectivity index (χ3n) is 5.38. The highest BCUT2D eigenvalue weighted by molar-refractivity contribution is 5.92. The van der Waals surface area contributed by atoms with Crippen molar-refractivity contribution in [3.05, 3.63) is 78.3 Å². The van der Waals surface area contributed by atoms with Crippen LogP contribution in [0.3, 0.4) is 0 Å². The average molecular weight is 457 g/mol. The van der Waals surface area contributed by atoms with Crippen LogP contribution in [0.5, 0.6) is 5.75 Å². The van der Waals surface area contributed by atoms with Gasteiger partial charge in [0.25, 0.3) is 5.91 Å². The van der Waals surface area contributed by atoms with Crippen LogP contribution in [-0.4, -0.2) is 42.7 Å². The topological polar surface area (TPSA) is 111 Å². The molecule has 1 aromatic carbocycles. The minimum Gasteiger partial charge on any atom is -0.495 e.